The molecule has 24 heavy (non-hydrogen) atoms. The summed E-state index contributed by atoms with van der Waals surface area (Å²) in [4.78, 5) is 14.6. The van der Waals surface area contributed by atoms with Gasteiger partial charge >= 0.3 is 0 Å². The summed E-state index contributed by atoms with van der Waals surface area (Å²) in [6.45, 7) is 1.42. The summed E-state index contributed by atoms with van der Waals surface area (Å²) in [5.41, 5.74) is 1.47. The molecule has 1 saturated heterocycles. The van der Waals surface area contributed by atoms with Gasteiger partial charge < -0.3 is 4.90 Å². The molecule has 1 aliphatic rings. The highest BCUT2D eigenvalue weighted by Crippen LogP contribution is 2.27. The molecule has 1 amide bonds. The fourth-order valence-corrected chi connectivity index (χ4v) is 3.51. The zero-order valence-corrected chi connectivity index (χ0v) is 13.9. The van der Waals surface area contributed by atoms with Crippen molar-refractivity contribution in [1.29, 1.82) is 0 Å². The number of rotatable bonds is 2. The number of halogens is 1. The Bertz CT molecular complexity index is 891. The molecular formula is C18H17ClN4O. The van der Waals surface area contributed by atoms with Gasteiger partial charge in [0.1, 0.15) is 5.82 Å². The molecule has 1 aliphatic heterocycles. The number of benzene rings is 1. The molecule has 5 nitrogen and oxygen atoms in total. The molecule has 122 valence electrons. The average Bonchev–Trinajstić information content (AvgIpc) is 3.05. The third kappa shape index (κ3) is 2.76. The molecule has 0 bridgehead atoms. The van der Waals surface area contributed by atoms with Crippen LogP contribution < -0.4 is 0 Å². The fourth-order valence-electron chi connectivity index (χ4n) is 3.31. The van der Waals surface area contributed by atoms with Crippen LogP contribution >= 0.6 is 11.6 Å². The lowest BCUT2D eigenvalue weighted by atomic mass is 9.96. The Morgan fingerprint density at radius 1 is 1.17 bits per heavy atom. The van der Waals surface area contributed by atoms with Gasteiger partial charge in [-0.2, -0.15) is 0 Å². The van der Waals surface area contributed by atoms with E-state index < -0.39 is 0 Å². The SMILES string of the molecule is O=C(c1cccc(Cl)c1)N1CCC[C@H](c2nnc3ccccn23)C1. The largest absolute Gasteiger partial charge is 0.338 e. The van der Waals surface area contributed by atoms with Crippen molar-refractivity contribution in [3.8, 4) is 0 Å². The first-order valence-corrected chi connectivity index (χ1v) is 8.44. The lowest BCUT2D eigenvalue weighted by molar-refractivity contribution is 0.0704. The summed E-state index contributed by atoms with van der Waals surface area (Å²) in [5.74, 6) is 1.14. The molecule has 0 unspecified atom stereocenters. The first-order valence-electron chi connectivity index (χ1n) is 8.07. The number of piperidine rings is 1. The third-order valence-corrected chi connectivity index (χ3v) is 4.72. The van der Waals surface area contributed by atoms with Gasteiger partial charge in [0.25, 0.3) is 5.91 Å². The number of nitrogens with zero attached hydrogens (tertiary/aromatic N) is 4. The molecule has 4 rings (SSSR count). The number of likely N-dealkylation sites (tertiary alicyclic amines) is 1. The predicted molar refractivity (Wildman–Crippen MR) is 92.3 cm³/mol. The highest BCUT2D eigenvalue weighted by Gasteiger charge is 2.28. The zero-order valence-electron chi connectivity index (χ0n) is 13.1. The van der Waals surface area contributed by atoms with Crippen molar-refractivity contribution >= 4 is 23.2 Å². The summed E-state index contributed by atoms with van der Waals surface area (Å²) >= 11 is 6.01. The Morgan fingerprint density at radius 2 is 2.08 bits per heavy atom. The average molecular weight is 341 g/mol. The minimum absolute atomic E-state index is 0.0241. The van der Waals surface area contributed by atoms with Crippen LogP contribution in [0.4, 0.5) is 0 Å². The van der Waals surface area contributed by atoms with Crippen molar-refractivity contribution < 1.29 is 4.79 Å². The molecule has 0 aliphatic carbocycles. The van der Waals surface area contributed by atoms with Crippen molar-refractivity contribution in [3.63, 3.8) is 0 Å². The molecule has 0 N–H and O–H groups in total. The molecule has 0 saturated carbocycles. The Hall–Kier alpha value is -2.40. The van der Waals surface area contributed by atoms with Gasteiger partial charge in [-0.1, -0.05) is 23.7 Å². The van der Waals surface area contributed by atoms with E-state index in [1.54, 1.807) is 12.1 Å². The van der Waals surface area contributed by atoms with Crippen molar-refractivity contribution in [2.24, 2.45) is 0 Å². The van der Waals surface area contributed by atoms with Gasteiger partial charge in [-0.25, -0.2) is 0 Å². The number of carbonyl (C=O) groups excluding carboxylic acids is 1. The first-order chi connectivity index (χ1) is 11.7. The van der Waals surface area contributed by atoms with Crippen LogP contribution in [0.15, 0.2) is 48.7 Å². The van der Waals surface area contributed by atoms with Gasteiger partial charge in [-0.15, -0.1) is 10.2 Å². The van der Waals surface area contributed by atoms with Crippen LogP contribution in [-0.2, 0) is 0 Å². The van der Waals surface area contributed by atoms with Crippen LogP contribution in [0.1, 0.15) is 34.9 Å². The van der Waals surface area contributed by atoms with Crippen LogP contribution in [0.2, 0.25) is 5.02 Å². The van der Waals surface area contributed by atoms with Gasteiger partial charge in [0.15, 0.2) is 5.65 Å². The van der Waals surface area contributed by atoms with Gasteiger partial charge in [-0.3, -0.25) is 9.20 Å². The summed E-state index contributed by atoms with van der Waals surface area (Å²) in [5, 5.41) is 9.16. The van der Waals surface area contributed by atoms with E-state index in [0.29, 0.717) is 17.1 Å². The maximum atomic E-state index is 12.8. The number of aromatic nitrogens is 3. The zero-order chi connectivity index (χ0) is 16.5. The van der Waals surface area contributed by atoms with E-state index in [1.807, 2.05) is 45.8 Å². The molecule has 6 heteroatoms. The van der Waals surface area contributed by atoms with Crippen molar-refractivity contribution in [2.75, 3.05) is 13.1 Å². The number of carbonyl (C=O) groups is 1. The minimum Gasteiger partial charge on any atom is -0.338 e. The Morgan fingerprint density at radius 3 is 2.96 bits per heavy atom. The van der Waals surface area contributed by atoms with Crippen molar-refractivity contribution in [3.05, 3.63) is 65.1 Å². The van der Waals surface area contributed by atoms with Gasteiger partial charge in [0.05, 0.1) is 0 Å². The molecule has 3 aromatic rings. The Kier molecular flexibility index (Phi) is 3.94. The number of fused-ring (bicyclic) bond motifs is 1. The molecule has 0 radical (unpaired) electrons. The smallest absolute Gasteiger partial charge is 0.253 e. The molecule has 3 heterocycles. The fraction of sp³-hybridized carbons (Fsp3) is 0.278. The monoisotopic (exact) mass is 340 g/mol. The van der Waals surface area contributed by atoms with Crippen LogP contribution in [-0.4, -0.2) is 38.5 Å². The summed E-state index contributed by atoms with van der Waals surface area (Å²) in [6, 6.07) is 13.0. The quantitative estimate of drug-likeness (QED) is 0.718. The Balaban J connectivity index is 1.59. The van der Waals surface area contributed by atoms with E-state index >= 15 is 0 Å². The van der Waals surface area contributed by atoms with E-state index in [2.05, 4.69) is 10.2 Å². The second-order valence-electron chi connectivity index (χ2n) is 6.09. The molecule has 0 spiro atoms. The highest BCUT2D eigenvalue weighted by molar-refractivity contribution is 6.30. The maximum absolute atomic E-state index is 12.8. The second-order valence-corrected chi connectivity index (χ2v) is 6.52. The predicted octanol–water partition coefficient (Wildman–Crippen LogP) is 3.40. The van der Waals surface area contributed by atoms with E-state index in [9.17, 15) is 4.79 Å². The third-order valence-electron chi connectivity index (χ3n) is 4.49. The standard InChI is InChI=1S/C18H17ClN4O/c19-15-7-3-5-13(11-15)18(24)22-9-4-6-14(12-22)17-21-20-16-8-1-2-10-23(16)17/h1-3,5,7-8,10-11,14H,4,6,9,12H2/t14-/m0/s1. The van der Waals surface area contributed by atoms with Gasteiger partial charge in [0, 0.05) is 35.8 Å². The normalized spacial score (nSPS) is 18.0. The maximum Gasteiger partial charge on any atom is 0.253 e. The van der Waals surface area contributed by atoms with Gasteiger partial charge in [0.2, 0.25) is 0 Å². The molecule has 1 atom stereocenters. The van der Waals surface area contributed by atoms with Crippen molar-refractivity contribution in [1.82, 2.24) is 19.5 Å². The molecule has 2 aromatic heterocycles. The number of pyridine rings is 1. The molecule has 1 fully saturated rings. The van der Waals surface area contributed by atoms with Crippen LogP contribution in [0.25, 0.3) is 5.65 Å². The second kappa shape index (κ2) is 6.24. The van der Waals surface area contributed by atoms with E-state index in [-0.39, 0.29) is 11.8 Å². The van der Waals surface area contributed by atoms with Gasteiger partial charge in [-0.05, 0) is 43.2 Å². The summed E-state index contributed by atoms with van der Waals surface area (Å²) in [6.07, 6.45) is 3.94. The molecule has 1 aromatic carbocycles. The van der Waals surface area contributed by atoms with E-state index in [1.165, 1.54) is 0 Å². The summed E-state index contributed by atoms with van der Waals surface area (Å²) < 4.78 is 2.01. The topological polar surface area (TPSA) is 50.5 Å². The van der Waals surface area contributed by atoms with Crippen molar-refractivity contribution in [2.45, 2.75) is 18.8 Å². The lowest BCUT2D eigenvalue weighted by Gasteiger charge is -2.32. The molecular weight excluding hydrogens is 324 g/mol. The Labute approximate surface area is 144 Å². The first kappa shape index (κ1) is 15.1. The van der Waals surface area contributed by atoms with Crippen LogP contribution in [0.3, 0.4) is 0 Å². The number of hydrogen-bond donors (Lipinski definition) is 0. The number of hydrogen-bond acceptors (Lipinski definition) is 3. The van der Waals surface area contributed by atoms with Crippen LogP contribution in [0.5, 0.6) is 0 Å². The summed E-state index contributed by atoms with van der Waals surface area (Å²) in [7, 11) is 0. The van der Waals surface area contributed by atoms with E-state index in [0.717, 1.165) is 30.9 Å². The van der Waals surface area contributed by atoms with E-state index in [4.69, 9.17) is 11.6 Å². The highest BCUT2D eigenvalue weighted by atomic mass is 35.5. The lowest BCUT2D eigenvalue weighted by Crippen LogP contribution is -2.39. The van der Waals surface area contributed by atoms with Crippen LogP contribution in [0, 0.1) is 0 Å². The number of amides is 1. The minimum atomic E-state index is 0.0241.